The standard InChI is InChI=1S/C14H22N2O2/c17-10-12-2-1-5-16-9-13(15-14(12)16)8-11-3-6-18-7-4-11/h9,11-12,17H,1-8,10H2. The van der Waals surface area contributed by atoms with Gasteiger partial charge in [-0.3, -0.25) is 0 Å². The summed E-state index contributed by atoms with van der Waals surface area (Å²) in [5.41, 5.74) is 1.21. The van der Waals surface area contributed by atoms with Crippen LogP contribution in [-0.4, -0.2) is 34.5 Å². The van der Waals surface area contributed by atoms with Gasteiger partial charge >= 0.3 is 0 Å². The van der Waals surface area contributed by atoms with Crippen LogP contribution in [0, 0.1) is 5.92 Å². The van der Waals surface area contributed by atoms with E-state index in [0.29, 0.717) is 0 Å². The van der Waals surface area contributed by atoms with Crippen LogP contribution in [-0.2, 0) is 17.7 Å². The molecular formula is C14H22N2O2. The predicted molar refractivity (Wildman–Crippen MR) is 68.5 cm³/mol. The van der Waals surface area contributed by atoms with Crippen molar-refractivity contribution in [1.29, 1.82) is 0 Å². The first-order chi connectivity index (χ1) is 8.86. The fourth-order valence-electron chi connectivity index (χ4n) is 3.15. The van der Waals surface area contributed by atoms with Gasteiger partial charge in [-0.25, -0.2) is 4.98 Å². The monoisotopic (exact) mass is 250 g/mol. The molecule has 0 radical (unpaired) electrons. The van der Waals surface area contributed by atoms with Crippen LogP contribution in [0.3, 0.4) is 0 Å². The first-order valence-corrected chi connectivity index (χ1v) is 7.11. The lowest BCUT2D eigenvalue weighted by atomic mass is 9.95. The highest BCUT2D eigenvalue weighted by atomic mass is 16.5. The topological polar surface area (TPSA) is 47.3 Å². The van der Waals surface area contributed by atoms with Crippen molar-refractivity contribution >= 4 is 0 Å². The molecule has 4 nitrogen and oxygen atoms in total. The summed E-state index contributed by atoms with van der Waals surface area (Å²) < 4.78 is 7.64. The summed E-state index contributed by atoms with van der Waals surface area (Å²) in [5, 5.41) is 9.40. The molecule has 0 spiro atoms. The zero-order chi connectivity index (χ0) is 12.4. The number of aryl methyl sites for hydroxylation is 1. The molecule has 0 aliphatic carbocycles. The van der Waals surface area contributed by atoms with Crippen LogP contribution in [0.5, 0.6) is 0 Å². The van der Waals surface area contributed by atoms with E-state index < -0.39 is 0 Å². The Balaban J connectivity index is 1.71. The number of imidazole rings is 1. The highest BCUT2D eigenvalue weighted by Crippen LogP contribution is 2.27. The molecule has 0 amide bonds. The fourth-order valence-corrected chi connectivity index (χ4v) is 3.15. The molecule has 4 heteroatoms. The zero-order valence-electron chi connectivity index (χ0n) is 10.8. The van der Waals surface area contributed by atoms with E-state index in [0.717, 1.165) is 63.6 Å². The van der Waals surface area contributed by atoms with Crippen molar-refractivity contribution in [2.45, 2.75) is 44.6 Å². The second kappa shape index (κ2) is 5.41. The molecule has 1 aromatic heterocycles. The second-order valence-electron chi connectivity index (χ2n) is 5.57. The maximum atomic E-state index is 9.40. The first-order valence-electron chi connectivity index (χ1n) is 7.11. The fraction of sp³-hybridized carbons (Fsp3) is 0.786. The molecule has 2 aliphatic heterocycles. The van der Waals surface area contributed by atoms with Gasteiger partial charge in [-0.1, -0.05) is 0 Å². The third kappa shape index (κ3) is 2.45. The number of aromatic nitrogens is 2. The Morgan fingerprint density at radius 1 is 1.33 bits per heavy atom. The van der Waals surface area contributed by atoms with E-state index in [1.165, 1.54) is 5.69 Å². The lowest BCUT2D eigenvalue weighted by Gasteiger charge is -2.21. The highest BCUT2D eigenvalue weighted by Gasteiger charge is 2.23. The molecule has 0 aromatic carbocycles. The van der Waals surface area contributed by atoms with E-state index in [2.05, 4.69) is 10.8 Å². The maximum absolute atomic E-state index is 9.40. The van der Waals surface area contributed by atoms with Gasteiger partial charge < -0.3 is 14.4 Å². The van der Waals surface area contributed by atoms with Crippen LogP contribution in [0.2, 0.25) is 0 Å². The normalized spacial score (nSPS) is 25.1. The van der Waals surface area contributed by atoms with Crippen molar-refractivity contribution in [2.24, 2.45) is 5.92 Å². The largest absolute Gasteiger partial charge is 0.396 e. The van der Waals surface area contributed by atoms with E-state index in [1.807, 2.05) is 0 Å². The van der Waals surface area contributed by atoms with Gasteiger partial charge in [0, 0.05) is 31.9 Å². The van der Waals surface area contributed by atoms with Crippen LogP contribution in [0.15, 0.2) is 6.20 Å². The smallest absolute Gasteiger partial charge is 0.114 e. The maximum Gasteiger partial charge on any atom is 0.114 e. The summed E-state index contributed by atoms with van der Waals surface area (Å²) in [6, 6.07) is 0. The molecule has 1 fully saturated rings. The summed E-state index contributed by atoms with van der Waals surface area (Å²) >= 11 is 0. The van der Waals surface area contributed by atoms with Crippen molar-refractivity contribution in [2.75, 3.05) is 19.8 Å². The number of ether oxygens (including phenoxy) is 1. The molecule has 1 unspecified atom stereocenters. The van der Waals surface area contributed by atoms with Gasteiger partial charge in [0.05, 0.1) is 12.3 Å². The van der Waals surface area contributed by atoms with Crippen LogP contribution in [0.1, 0.15) is 43.1 Å². The quantitative estimate of drug-likeness (QED) is 0.888. The van der Waals surface area contributed by atoms with Crippen LogP contribution >= 0.6 is 0 Å². The second-order valence-corrected chi connectivity index (χ2v) is 5.57. The Labute approximate surface area is 108 Å². The SMILES string of the molecule is OCC1CCCn2cc(CC3CCOCC3)nc21. The minimum absolute atomic E-state index is 0.230. The zero-order valence-corrected chi connectivity index (χ0v) is 10.8. The Kier molecular flexibility index (Phi) is 3.66. The molecule has 3 rings (SSSR count). The average Bonchev–Trinajstić information content (AvgIpc) is 2.82. The van der Waals surface area contributed by atoms with E-state index in [9.17, 15) is 5.11 Å². The number of aliphatic hydroxyl groups excluding tert-OH is 1. The number of rotatable bonds is 3. The van der Waals surface area contributed by atoms with Gasteiger partial charge in [-0.2, -0.15) is 0 Å². The van der Waals surface area contributed by atoms with Gasteiger partial charge in [0.15, 0.2) is 0 Å². The third-order valence-corrected chi connectivity index (χ3v) is 4.23. The summed E-state index contributed by atoms with van der Waals surface area (Å²) in [5.74, 6) is 2.08. The minimum Gasteiger partial charge on any atom is -0.396 e. The summed E-state index contributed by atoms with van der Waals surface area (Å²) in [6.45, 7) is 3.09. The minimum atomic E-state index is 0.230. The molecule has 100 valence electrons. The van der Waals surface area contributed by atoms with Gasteiger partial charge in [0.2, 0.25) is 0 Å². The third-order valence-electron chi connectivity index (χ3n) is 4.23. The van der Waals surface area contributed by atoms with Gasteiger partial charge in [0.25, 0.3) is 0 Å². The first kappa shape index (κ1) is 12.2. The molecule has 2 aliphatic rings. The highest BCUT2D eigenvalue weighted by molar-refractivity contribution is 5.11. The number of aliphatic hydroxyl groups is 1. The van der Waals surface area contributed by atoms with E-state index in [1.54, 1.807) is 0 Å². The molecule has 18 heavy (non-hydrogen) atoms. The van der Waals surface area contributed by atoms with Crippen molar-refractivity contribution in [3.05, 3.63) is 17.7 Å². The molecule has 0 saturated carbocycles. The molecule has 1 atom stereocenters. The predicted octanol–water partition coefficient (Wildman–Crippen LogP) is 1.72. The van der Waals surface area contributed by atoms with Crippen molar-refractivity contribution < 1.29 is 9.84 Å². The van der Waals surface area contributed by atoms with E-state index in [-0.39, 0.29) is 12.5 Å². The Hall–Kier alpha value is -0.870. The van der Waals surface area contributed by atoms with Gasteiger partial charge in [-0.15, -0.1) is 0 Å². The lowest BCUT2D eigenvalue weighted by molar-refractivity contribution is 0.0663. The summed E-state index contributed by atoms with van der Waals surface area (Å²) in [7, 11) is 0. The molecule has 1 N–H and O–H groups in total. The van der Waals surface area contributed by atoms with Crippen molar-refractivity contribution in [1.82, 2.24) is 9.55 Å². The van der Waals surface area contributed by atoms with Gasteiger partial charge in [0.1, 0.15) is 5.82 Å². The number of hydrogen-bond donors (Lipinski definition) is 1. The van der Waals surface area contributed by atoms with E-state index >= 15 is 0 Å². The van der Waals surface area contributed by atoms with Crippen LogP contribution in [0.25, 0.3) is 0 Å². The Morgan fingerprint density at radius 3 is 2.94 bits per heavy atom. The summed E-state index contributed by atoms with van der Waals surface area (Å²) in [6.07, 6.45) is 7.82. The molecule has 3 heterocycles. The Morgan fingerprint density at radius 2 is 2.17 bits per heavy atom. The summed E-state index contributed by atoms with van der Waals surface area (Å²) in [4.78, 5) is 4.76. The Bertz CT molecular complexity index is 396. The molecule has 0 bridgehead atoms. The lowest BCUT2D eigenvalue weighted by Crippen LogP contribution is -2.18. The van der Waals surface area contributed by atoms with Crippen LogP contribution < -0.4 is 0 Å². The van der Waals surface area contributed by atoms with Crippen molar-refractivity contribution in [3.63, 3.8) is 0 Å². The average molecular weight is 250 g/mol. The van der Waals surface area contributed by atoms with E-state index in [4.69, 9.17) is 9.72 Å². The molecular weight excluding hydrogens is 228 g/mol. The molecule has 1 saturated heterocycles. The van der Waals surface area contributed by atoms with Crippen LogP contribution in [0.4, 0.5) is 0 Å². The number of fused-ring (bicyclic) bond motifs is 1. The number of hydrogen-bond acceptors (Lipinski definition) is 3. The number of nitrogens with zero attached hydrogens (tertiary/aromatic N) is 2. The van der Waals surface area contributed by atoms with Gasteiger partial charge in [-0.05, 0) is 38.0 Å². The molecule has 1 aromatic rings. The van der Waals surface area contributed by atoms with Crippen molar-refractivity contribution in [3.8, 4) is 0 Å².